The first-order chi connectivity index (χ1) is 13.3. The van der Waals surface area contributed by atoms with Crippen LogP contribution in [0, 0.1) is 6.92 Å². The minimum atomic E-state index is -4.46. The van der Waals surface area contributed by atoms with E-state index in [1.807, 2.05) is 31.2 Å². The molecule has 148 valence electrons. The van der Waals surface area contributed by atoms with Crippen LogP contribution < -0.4 is 10.1 Å². The fraction of sp³-hybridized carbons (Fsp3) is 0.316. The van der Waals surface area contributed by atoms with Crippen molar-refractivity contribution in [1.29, 1.82) is 0 Å². The van der Waals surface area contributed by atoms with E-state index in [4.69, 9.17) is 4.74 Å². The van der Waals surface area contributed by atoms with Crippen LogP contribution in [0.15, 0.2) is 42.6 Å². The monoisotopic (exact) mass is 392 g/mol. The van der Waals surface area contributed by atoms with E-state index in [0.29, 0.717) is 13.0 Å². The third-order valence-electron chi connectivity index (χ3n) is 4.05. The summed E-state index contributed by atoms with van der Waals surface area (Å²) in [6, 6.07) is 9.80. The second kappa shape index (κ2) is 8.28. The molecule has 6 nitrogen and oxygen atoms in total. The van der Waals surface area contributed by atoms with Crippen LogP contribution in [0.4, 0.5) is 13.2 Å². The van der Waals surface area contributed by atoms with Crippen LogP contribution in [0.3, 0.4) is 0 Å². The lowest BCUT2D eigenvalue weighted by atomic mass is 10.2. The number of pyridine rings is 1. The van der Waals surface area contributed by atoms with Gasteiger partial charge in [-0.2, -0.15) is 13.2 Å². The predicted octanol–water partition coefficient (Wildman–Crippen LogP) is 3.53. The Morgan fingerprint density at radius 1 is 1.21 bits per heavy atom. The van der Waals surface area contributed by atoms with E-state index in [2.05, 4.69) is 15.5 Å². The van der Waals surface area contributed by atoms with Gasteiger partial charge in [0.2, 0.25) is 5.91 Å². The summed E-state index contributed by atoms with van der Waals surface area (Å²) in [5, 5.41) is 10.3. The first-order valence-corrected chi connectivity index (χ1v) is 8.70. The van der Waals surface area contributed by atoms with Crippen LogP contribution in [0.2, 0.25) is 0 Å². The van der Waals surface area contributed by atoms with Crippen LogP contribution in [0.5, 0.6) is 5.75 Å². The van der Waals surface area contributed by atoms with E-state index in [1.165, 1.54) is 10.5 Å². The second-order valence-electron chi connectivity index (χ2n) is 6.31. The minimum Gasteiger partial charge on any atom is -0.494 e. The molecule has 0 spiro atoms. The van der Waals surface area contributed by atoms with Gasteiger partial charge in [-0.25, -0.2) is 0 Å². The highest BCUT2D eigenvalue weighted by Gasteiger charge is 2.31. The summed E-state index contributed by atoms with van der Waals surface area (Å²) in [5.74, 6) is 0.734. The zero-order chi connectivity index (χ0) is 20.1. The normalized spacial score (nSPS) is 11.6. The summed E-state index contributed by atoms with van der Waals surface area (Å²) < 4.78 is 45.4. The van der Waals surface area contributed by atoms with Crippen molar-refractivity contribution in [2.24, 2.45) is 0 Å². The topological polar surface area (TPSA) is 68.5 Å². The van der Waals surface area contributed by atoms with Crippen molar-refractivity contribution < 1.29 is 22.7 Å². The number of carbonyl (C=O) groups is 1. The lowest BCUT2D eigenvalue weighted by Gasteiger charge is -2.08. The summed E-state index contributed by atoms with van der Waals surface area (Å²) in [6.45, 7) is 2.34. The number of benzene rings is 1. The number of aromatic nitrogens is 3. The van der Waals surface area contributed by atoms with E-state index >= 15 is 0 Å². The average molecular weight is 392 g/mol. The molecule has 1 aromatic carbocycles. The van der Waals surface area contributed by atoms with Crippen molar-refractivity contribution in [2.45, 2.75) is 32.5 Å². The Morgan fingerprint density at radius 3 is 2.79 bits per heavy atom. The molecule has 0 saturated heterocycles. The molecule has 2 heterocycles. The van der Waals surface area contributed by atoms with Gasteiger partial charge in [-0.3, -0.25) is 9.20 Å². The molecule has 1 N–H and O–H groups in total. The molecule has 9 heteroatoms. The molecule has 1 amide bonds. The maximum atomic E-state index is 12.8. The van der Waals surface area contributed by atoms with E-state index in [1.54, 1.807) is 0 Å². The third-order valence-corrected chi connectivity index (χ3v) is 4.05. The molecule has 0 radical (unpaired) electrons. The first kappa shape index (κ1) is 19.7. The van der Waals surface area contributed by atoms with Crippen LogP contribution in [0.1, 0.15) is 29.8 Å². The molecule has 3 aromatic rings. The fourth-order valence-electron chi connectivity index (χ4n) is 2.62. The molecular weight excluding hydrogens is 373 g/mol. The molecule has 0 aliphatic carbocycles. The fourth-order valence-corrected chi connectivity index (χ4v) is 2.62. The summed E-state index contributed by atoms with van der Waals surface area (Å²) in [5.41, 5.74) is 0.564. The number of alkyl halides is 3. The Morgan fingerprint density at radius 2 is 2.04 bits per heavy atom. The Balaban J connectivity index is 1.49. The maximum absolute atomic E-state index is 12.8. The van der Waals surface area contributed by atoms with Crippen molar-refractivity contribution in [3.8, 4) is 5.75 Å². The van der Waals surface area contributed by atoms with Gasteiger partial charge in [0.1, 0.15) is 5.75 Å². The van der Waals surface area contributed by atoms with Crippen LogP contribution >= 0.6 is 0 Å². The van der Waals surface area contributed by atoms with Gasteiger partial charge in [-0.15, -0.1) is 10.2 Å². The van der Waals surface area contributed by atoms with E-state index < -0.39 is 11.7 Å². The summed E-state index contributed by atoms with van der Waals surface area (Å²) in [4.78, 5) is 12.0. The number of ether oxygens (including phenoxy) is 1. The number of hydrogen-bond acceptors (Lipinski definition) is 4. The third kappa shape index (κ3) is 4.99. The van der Waals surface area contributed by atoms with Crippen LogP contribution in [0.25, 0.3) is 5.65 Å². The Kier molecular flexibility index (Phi) is 5.81. The zero-order valence-electron chi connectivity index (χ0n) is 15.2. The van der Waals surface area contributed by atoms with Crippen molar-refractivity contribution in [1.82, 2.24) is 19.9 Å². The predicted molar refractivity (Wildman–Crippen MR) is 95.7 cm³/mol. The smallest absolute Gasteiger partial charge is 0.417 e. The number of carbonyl (C=O) groups excluding carboxylic acids is 1. The van der Waals surface area contributed by atoms with E-state index in [0.717, 1.165) is 23.6 Å². The number of fused-ring (bicyclic) bond motifs is 1. The molecule has 2 aromatic heterocycles. The zero-order valence-corrected chi connectivity index (χ0v) is 15.2. The van der Waals surface area contributed by atoms with Gasteiger partial charge in [0, 0.05) is 12.6 Å². The van der Waals surface area contributed by atoms with Crippen molar-refractivity contribution in [2.75, 3.05) is 6.61 Å². The van der Waals surface area contributed by atoms with Gasteiger partial charge in [-0.05, 0) is 43.2 Å². The average Bonchev–Trinajstić information content (AvgIpc) is 3.05. The SMILES string of the molecule is Cc1cccc(OCCCC(=O)NCc2nnc3ccc(C(F)(F)F)cn23)c1. The quantitative estimate of drug-likeness (QED) is 0.625. The highest BCUT2D eigenvalue weighted by Crippen LogP contribution is 2.29. The number of nitrogens with zero attached hydrogens (tertiary/aromatic N) is 3. The van der Waals surface area contributed by atoms with Crippen molar-refractivity contribution in [3.63, 3.8) is 0 Å². The van der Waals surface area contributed by atoms with Crippen LogP contribution in [-0.2, 0) is 17.5 Å². The molecule has 0 aliphatic heterocycles. The molecule has 3 rings (SSSR count). The lowest BCUT2D eigenvalue weighted by Crippen LogP contribution is -2.24. The van der Waals surface area contributed by atoms with Gasteiger partial charge < -0.3 is 10.1 Å². The van der Waals surface area contributed by atoms with E-state index in [9.17, 15) is 18.0 Å². The molecule has 0 fully saturated rings. The lowest BCUT2D eigenvalue weighted by molar-refractivity contribution is -0.137. The summed E-state index contributed by atoms with van der Waals surface area (Å²) >= 11 is 0. The number of halogens is 3. The number of hydrogen-bond donors (Lipinski definition) is 1. The summed E-state index contributed by atoms with van der Waals surface area (Å²) in [6.07, 6.45) is -2.79. The van der Waals surface area contributed by atoms with Crippen molar-refractivity contribution >= 4 is 11.6 Å². The van der Waals surface area contributed by atoms with E-state index in [-0.39, 0.29) is 30.3 Å². The molecular formula is C19H19F3N4O2. The molecule has 28 heavy (non-hydrogen) atoms. The molecule has 0 saturated carbocycles. The Bertz CT molecular complexity index is 969. The Labute approximate surface area is 159 Å². The van der Waals surface area contributed by atoms with Crippen LogP contribution in [-0.4, -0.2) is 27.1 Å². The van der Waals surface area contributed by atoms with Gasteiger partial charge in [0.05, 0.1) is 18.7 Å². The van der Waals surface area contributed by atoms with Gasteiger partial charge in [0.25, 0.3) is 0 Å². The summed E-state index contributed by atoms with van der Waals surface area (Å²) in [7, 11) is 0. The standard InChI is InChI=1S/C19H19F3N4O2/c1-13-4-2-5-15(10-13)28-9-3-6-18(27)23-11-17-25-24-16-8-7-14(12-26(16)17)19(20,21)22/h2,4-5,7-8,10,12H,3,6,9,11H2,1H3,(H,23,27). The maximum Gasteiger partial charge on any atom is 0.417 e. The highest BCUT2D eigenvalue weighted by atomic mass is 19.4. The highest BCUT2D eigenvalue weighted by molar-refractivity contribution is 5.75. The number of aryl methyl sites for hydroxylation is 1. The molecule has 0 atom stereocenters. The van der Waals surface area contributed by atoms with Crippen molar-refractivity contribution in [3.05, 3.63) is 59.5 Å². The number of rotatable bonds is 7. The molecule has 0 unspecified atom stereocenters. The largest absolute Gasteiger partial charge is 0.494 e. The minimum absolute atomic E-state index is 0.0138. The number of amides is 1. The van der Waals surface area contributed by atoms with Gasteiger partial charge >= 0.3 is 6.18 Å². The Hall–Kier alpha value is -3.10. The first-order valence-electron chi connectivity index (χ1n) is 8.70. The van der Waals surface area contributed by atoms with Gasteiger partial charge in [0.15, 0.2) is 11.5 Å². The number of nitrogens with one attached hydrogen (secondary N) is 1. The second-order valence-corrected chi connectivity index (χ2v) is 6.31. The molecule has 0 bridgehead atoms. The van der Waals surface area contributed by atoms with Gasteiger partial charge in [-0.1, -0.05) is 12.1 Å². The molecule has 0 aliphatic rings.